The topological polar surface area (TPSA) is 127 Å². The summed E-state index contributed by atoms with van der Waals surface area (Å²) in [5.41, 5.74) is 0.981. The Bertz CT molecular complexity index is 618. The largest absolute Gasteiger partial charge is 0.323 e. The highest BCUT2D eigenvalue weighted by Crippen LogP contribution is 2.29. The summed E-state index contributed by atoms with van der Waals surface area (Å²) < 4.78 is 40.1. The van der Waals surface area contributed by atoms with Crippen molar-refractivity contribution in [2.45, 2.75) is 18.7 Å². The minimum absolute atomic E-state index is 0.0140. The van der Waals surface area contributed by atoms with Crippen LogP contribution in [-0.2, 0) is 10.0 Å². The molecule has 0 aromatic heterocycles. The molecule has 8 nitrogen and oxygen atoms in total. The third-order valence-electron chi connectivity index (χ3n) is 2.35. The van der Waals surface area contributed by atoms with Gasteiger partial charge in [-0.25, -0.2) is 17.5 Å². The summed E-state index contributed by atoms with van der Waals surface area (Å²) in [6.45, 7) is 3.65. The van der Waals surface area contributed by atoms with E-state index in [4.69, 9.17) is 5.84 Å². The van der Waals surface area contributed by atoms with Crippen molar-refractivity contribution >= 4 is 21.4 Å². The highest BCUT2D eigenvalue weighted by atomic mass is 32.2. The first-order valence-electron chi connectivity index (χ1n) is 5.63. The number of rotatable bonds is 6. The Morgan fingerprint density at radius 1 is 1.45 bits per heavy atom. The first-order valence-corrected chi connectivity index (χ1v) is 7.11. The minimum Gasteiger partial charge on any atom is -0.323 e. The molecule has 0 bridgehead atoms. The molecule has 0 aliphatic carbocycles. The van der Waals surface area contributed by atoms with E-state index in [1.165, 1.54) is 0 Å². The van der Waals surface area contributed by atoms with Crippen LogP contribution in [0.25, 0.3) is 0 Å². The Labute approximate surface area is 115 Å². The van der Waals surface area contributed by atoms with Crippen LogP contribution in [0.1, 0.15) is 13.8 Å². The Morgan fingerprint density at radius 3 is 2.50 bits per heavy atom. The molecule has 0 aliphatic rings. The molecule has 0 unspecified atom stereocenters. The van der Waals surface area contributed by atoms with Crippen molar-refractivity contribution < 1.29 is 17.7 Å². The molecule has 0 saturated carbocycles. The number of non-ortho nitro benzene ring substituents is 1. The molecule has 0 atom stereocenters. The highest BCUT2D eigenvalue weighted by Gasteiger charge is 2.26. The van der Waals surface area contributed by atoms with Crippen molar-refractivity contribution in [3.05, 3.63) is 28.1 Å². The van der Waals surface area contributed by atoms with Gasteiger partial charge in [-0.3, -0.25) is 16.0 Å². The molecule has 112 valence electrons. The van der Waals surface area contributed by atoms with Gasteiger partial charge in [0.25, 0.3) is 5.69 Å². The normalized spacial score (nSPS) is 11.7. The third kappa shape index (κ3) is 3.62. The van der Waals surface area contributed by atoms with Gasteiger partial charge in [0.05, 0.1) is 16.7 Å². The average molecular weight is 306 g/mol. The number of anilines is 1. The zero-order valence-corrected chi connectivity index (χ0v) is 11.7. The van der Waals surface area contributed by atoms with Crippen molar-refractivity contribution in [1.82, 2.24) is 4.72 Å². The SMILES string of the molecule is CC(C)CNS(=O)(=O)c1c(F)cc([N+](=O)[O-])cc1NN. The van der Waals surface area contributed by atoms with E-state index in [0.29, 0.717) is 6.07 Å². The van der Waals surface area contributed by atoms with Crippen LogP contribution in [0.15, 0.2) is 17.0 Å². The van der Waals surface area contributed by atoms with Crippen LogP contribution in [0, 0.1) is 21.8 Å². The zero-order valence-electron chi connectivity index (χ0n) is 10.9. The summed E-state index contributed by atoms with van der Waals surface area (Å²) in [6, 6.07) is 1.39. The van der Waals surface area contributed by atoms with Crippen molar-refractivity contribution in [3.8, 4) is 0 Å². The maximum atomic E-state index is 13.9. The van der Waals surface area contributed by atoms with Gasteiger partial charge < -0.3 is 5.43 Å². The minimum atomic E-state index is -4.16. The number of nitrogens with one attached hydrogen (secondary N) is 2. The second-order valence-corrected chi connectivity index (χ2v) is 6.16. The molecule has 0 heterocycles. The van der Waals surface area contributed by atoms with E-state index in [9.17, 15) is 22.9 Å². The molecule has 1 aromatic rings. The maximum absolute atomic E-state index is 13.9. The predicted molar refractivity (Wildman–Crippen MR) is 70.9 cm³/mol. The van der Waals surface area contributed by atoms with Crippen LogP contribution >= 0.6 is 0 Å². The van der Waals surface area contributed by atoms with Gasteiger partial charge in [0, 0.05) is 12.6 Å². The maximum Gasteiger partial charge on any atom is 0.274 e. The smallest absolute Gasteiger partial charge is 0.274 e. The molecule has 0 fully saturated rings. The summed E-state index contributed by atoms with van der Waals surface area (Å²) in [4.78, 5) is 9.01. The molecule has 0 saturated heterocycles. The highest BCUT2D eigenvalue weighted by molar-refractivity contribution is 7.89. The van der Waals surface area contributed by atoms with E-state index in [1.54, 1.807) is 13.8 Å². The summed E-state index contributed by atoms with van der Waals surface area (Å²) >= 11 is 0. The molecule has 0 aliphatic heterocycles. The van der Waals surface area contributed by atoms with Crippen LogP contribution in [0.3, 0.4) is 0 Å². The Morgan fingerprint density at radius 2 is 2.05 bits per heavy atom. The summed E-state index contributed by atoms with van der Waals surface area (Å²) in [5, 5.41) is 10.6. The Balaban J connectivity index is 3.34. The van der Waals surface area contributed by atoms with Gasteiger partial charge >= 0.3 is 0 Å². The number of sulfonamides is 1. The van der Waals surface area contributed by atoms with E-state index in [-0.39, 0.29) is 18.2 Å². The van der Waals surface area contributed by atoms with Crippen molar-refractivity contribution in [3.63, 3.8) is 0 Å². The lowest BCUT2D eigenvalue weighted by Gasteiger charge is -2.13. The lowest BCUT2D eigenvalue weighted by Crippen LogP contribution is -2.29. The quantitative estimate of drug-likeness (QED) is 0.408. The second-order valence-electron chi connectivity index (χ2n) is 4.45. The van der Waals surface area contributed by atoms with Crippen LogP contribution in [-0.4, -0.2) is 19.9 Å². The number of nitrogens with zero attached hydrogens (tertiary/aromatic N) is 1. The number of nitro groups is 1. The second kappa shape index (κ2) is 6.11. The summed E-state index contributed by atoms with van der Waals surface area (Å²) in [6.07, 6.45) is 0. The van der Waals surface area contributed by atoms with Crippen molar-refractivity contribution in [1.29, 1.82) is 0 Å². The van der Waals surface area contributed by atoms with E-state index in [2.05, 4.69) is 4.72 Å². The van der Waals surface area contributed by atoms with Gasteiger partial charge in [0.1, 0.15) is 4.90 Å². The van der Waals surface area contributed by atoms with Gasteiger partial charge in [0.2, 0.25) is 10.0 Å². The standard InChI is InChI=1S/C10H15FN4O4S/c1-6(2)5-13-20(18,19)10-8(11)3-7(15(16)17)4-9(10)14-12/h3-4,6,13-14H,5,12H2,1-2H3. The number of hydrogen-bond donors (Lipinski definition) is 3. The number of nitrogen functional groups attached to an aromatic ring is 1. The fraction of sp³-hybridized carbons (Fsp3) is 0.400. The number of hydrogen-bond acceptors (Lipinski definition) is 6. The molecular weight excluding hydrogens is 291 g/mol. The van der Waals surface area contributed by atoms with E-state index in [0.717, 1.165) is 6.07 Å². The number of nitro benzene ring substituents is 1. The van der Waals surface area contributed by atoms with Crippen molar-refractivity contribution in [2.75, 3.05) is 12.0 Å². The summed E-state index contributed by atoms with van der Waals surface area (Å²) in [5.74, 6) is 3.88. The van der Waals surface area contributed by atoms with Crippen molar-refractivity contribution in [2.24, 2.45) is 11.8 Å². The third-order valence-corrected chi connectivity index (χ3v) is 3.84. The van der Waals surface area contributed by atoms with Crippen LogP contribution < -0.4 is 16.0 Å². The summed E-state index contributed by atoms with van der Waals surface area (Å²) in [7, 11) is -4.16. The number of benzene rings is 1. The molecule has 10 heteroatoms. The fourth-order valence-electron chi connectivity index (χ4n) is 1.41. The molecule has 0 spiro atoms. The number of nitrogens with two attached hydrogens (primary N) is 1. The molecule has 20 heavy (non-hydrogen) atoms. The van der Waals surface area contributed by atoms with Crippen LogP contribution in [0.4, 0.5) is 15.8 Å². The fourth-order valence-corrected chi connectivity index (χ4v) is 2.83. The number of hydrazine groups is 1. The first kappa shape index (κ1) is 16.3. The molecular formula is C10H15FN4O4S. The molecule has 4 N–H and O–H groups in total. The Kier molecular flexibility index (Phi) is 4.98. The van der Waals surface area contributed by atoms with Crippen LogP contribution in [0.2, 0.25) is 0 Å². The van der Waals surface area contributed by atoms with Gasteiger partial charge in [-0.2, -0.15) is 0 Å². The first-order chi connectivity index (χ1) is 9.19. The molecule has 1 aromatic carbocycles. The monoisotopic (exact) mass is 306 g/mol. The average Bonchev–Trinajstić information content (AvgIpc) is 2.34. The Hall–Kier alpha value is -1.78. The van der Waals surface area contributed by atoms with E-state index >= 15 is 0 Å². The molecule has 0 amide bonds. The van der Waals surface area contributed by atoms with Gasteiger partial charge in [-0.15, -0.1) is 0 Å². The molecule has 0 radical (unpaired) electrons. The predicted octanol–water partition coefficient (Wildman–Crippen LogP) is 0.954. The lowest BCUT2D eigenvalue weighted by molar-refractivity contribution is -0.385. The zero-order chi connectivity index (χ0) is 15.5. The molecule has 1 rings (SSSR count). The van der Waals surface area contributed by atoms with Gasteiger partial charge in [-0.1, -0.05) is 13.8 Å². The lowest BCUT2D eigenvalue weighted by atomic mass is 10.2. The number of halogens is 1. The van der Waals surface area contributed by atoms with E-state index < -0.39 is 31.3 Å². The van der Waals surface area contributed by atoms with E-state index in [1.807, 2.05) is 5.43 Å². The van der Waals surface area contributed by atoms with Crippen LogP contribution in [0.5, 0.6) is 0 Å². The van der Waals surface area contributed by atoms with Gasteiger partial charge in [-0.05, 0) is 5.92 Å². The van der Waals surface area contributed by atoms with Gasteiger partial charge in [0.15, 0.2) is 5.82 Å².